The summed E-state index contributed by atoms with van der Waals surface area (Å²) in [6, 6.07) is 0. The summed E-state index contributed by atoms with van der Waals surface area (Å²) in [5.74, 6) is 3.84. The molecule has 0 aliphatic heterocycles. The first kappa shape index (κ1) is 54.7. The summed E-state index contributed by atoms with van der Waals surface area (Å²) < 4.78 is 145. The Morgan fingerprint density at radius 1 is 0.478 bits per heavy atom. The van der Waals surface area contributed by atoms with Crippen molar-refractivity contribution in [2.75, 3.05) is 0 Å². The molecule has 0 unspecified atom stereocenters. The predicted octanol–water partition coefficient (Wildman–Crippen LogP) is 14.7. The van der Waals surface area contributed by atoms with Gasteiger partial charge < -0.3 is 0 Å². The third kappa shape index (κ3) is 48.1. The van der Waals surface area contributed by atoms with E-state index < -0.39 is 122 Å². The minimum absolute atomic E-state index is 0.378. The molecule has 0 spiro atoms. The molecule has 0 rings (SSSR count). The molecule has 276 valence electrons. The number of halogens is 12. The second kappa shape index (κ2) is 29.5. The smallest absolute Gasteiger partial charge is 0.171 e. The maximum atomic E-state index is 12.0. The first-order valence-electron chi connectivity index (χ1n) is 16.9. The molecule has 0 amide bonds. The molecular formula is C30H60Al2F12In2. The quantitative estimate of drug-likeness (QED) is 0.107. The van der Waals surface area contributed by atoms with E-state index in [9.17, 15) is 52.7 Å². The van der Waals surface area contributed by atoms with E-state index in [4.69, 9.17) is 0 Å². The van der Waals surface area contributed by atoms with Crippen molar-refractivity contribution < 1.29 is 52.7 Å². The molecule has 16 heteroatoms. The van der Waals surface area contributed by atoms with Crippen LogP contribution in [-0.4, -0.2) is 95.9 Å². The topological polar surface area (TPSA) is 0 Å². The van der Waals surface area contributed by atoms with E-state index in [1.165, 1.54) is 0 Å². The van der Waals surface area contributed by atoms with Crippen LogP contribution in [0.2, 0.25) is 56.8 Å². The van der Waals surface area contributed by atoms with Crippen molar-refractivity contribution in [2.45, 2.75) is 175 Å². The first-order valence-corrected chi connectivity index (χ1v) is 35.6. The van der Waals surface area contributed by atoms with Crippen molar-refractivity contribution in [2.24, 2.45) is 0 Å². The zero-order chi connectivity index (χ0) is 37.4. The predicted molar refractivity (Wildman–Crippen MR) is 178 cm³/mol. The molecule has 0 saturated heterocycles. The van der Waals surface area contributed by atoms with Crippen LogP contribution in [0.5, 0.6) is 0 Å². The van der Waals surface area contributed by atoms with Crippen molar-refractivity contribution in [1.29, 1.82) is 0 Å². The normalized spacial score (nSPS) is 12.0. The number of rotatable bonds is 16. The summed E-state index contributed by atoms with van der Waals surface area (Å²) in [5, 5.41) is 2.97. The maximum absolute atomic E-state index is 12.0. The molecule has 0 aromatic rings. The van der Waals surface area contributed by atoms with E-state index >= 15 is 0 Å². The summed E-state index contributed by atoms with van der Waals surface area (Å²) >= 11 is -5.61. The van der Waals surface area contributed by atoms with Crippen molar-refractivity contribution in [3.05, 3.63) is 0 Å². The summed E-state index contributed by atoms with van der Waals surface area (Å²) in [7, 11) is 0. The van der Waals surface area contributed by atoms with Crippen molar-refractivity contribution >= 4 is 71.2 Å². The minimum atomic E-state index is -3.95. The fraction of sp³-hybridized carbons (Fsp3) is 1.00. The van der Waals surface area contributed by atoms with Gasteiger partial charge in [-0.05, 0) is 0 Å². The Labute approximate surface area is 296 Å². The van der Waals surface area contributed by atoms with Crippen LogP contribution in [0, 0.1) is 0 Å². The van der Waals surface area contributed by atoms with Crippen LogP contribution in [0.15, 0.2) is 0 Å². The fourth-order valence-electron chi connectivity index (χ4n) is 4.90. The SMILES string of the molecule is CC[CH2][Al]([CH2]CC)[CH2]CC(F)(F)F.C[CH2][In]([CH2]C)[CH2]CC(F)(F)F.C[CH](C)[In]([CH2]CC(F)(F)F)[CH](C)C.[CH3][Al]([CH3])[CH2]CC(F)(F)F. The second-order valence-corrected chi connectivity index (χ2v) is 44.4. The van der Waals surface area contributed by atoms with E-state index in [1.807, 2.05) is 25.4 Å². The monoisotopic (exact) mass is 932 g/mol. The molecule has 0 aliphatic rings. The Morgan fingerprint density at radius 2 is 0.804 bits per heavy atom. The average molecular weight is 932 g/mol. The van der Waals surface area contributed by atoms with E-state index in [2.05, 4.69) is 41.5 Å². The molecule has 0 aliphatic carbocycles. The van der Waals surface area contributed by atoms with Crippen molar-refractivity contribution in [3.63, 3.8) is 0 Å². The van der Waals surface area contributed by atoms with Gasteiger partial charge in [-0.25, -0.2) is 0 Å². The van der Waals surface area contributed by atoms with Crippen LogP contribution in [0.4, 0.5) is 52.7 Å². The fourth-order valence-corrected chi connectivity index (χ4v) is 25.2. The molecule has 0 atom stereocenters. The number of alkyl halides is 12. The molecule has 0 fully saturated rings. The molecule has 0 N–H and O–H groups in total. The Kier molecular flexibility index (Phi) is 35.1. The zero-order valence-corrected chi connectivity index (χ0v) is 38.8. The van der Waals surface area contributed by atoms with Gasteiger partial charge in [-0.15, -0.1) is 11.6 Å². The van der Waals surface area contributed by atoms with Crippen LogP contribution in [-0.2, 0) is 0 Å². The standard InChI is InChI=1S/4C3H4F3.4C3H7.2C2H5.2CH3.2Al.2In/c4*1-2-3(4,5)6;4*1-3-2;2*1-2;;;;;;/h4*1-2H2;2*3H,1-2H3;2*1,3H2,2H3;2*1H2,2H3;2*1H3;;;;. The molecule has 0 radical (unpaired) electrons. The average Bonchev–Trinajstić information content (AvgIpc) is 2.86. The molecule has 0 aromatic heterocycles. The van der Waals surface area contributed by atoms with Gasteiger partial charge >= 0.3 is 172 Å². The van der Waals surface area contributed by atoms with Crippen LogP contribution >= 0.6 is 0 Å². The van der Waals surface area contributed by atoms with Crippen molar-refractivity contribution in [3.8, 4) is 0 Å². The van der Waals surface area contributed by atoms with Gasteiger partial charge in [0.15, 0.2) is 0 Å². The Balaban J connectivity index is -0.000000258. The van der Waals surface area contributed by atoms with Gasteiger partial charge in [0.05, 0.1) is 0 Å². The van der Waals surface area contributed by atoms with Gasteiger partial charge in [-0.3, -0.25) is 0 Å². The largest absolute Gasteiger partial charge is 0.387 e. The van der Waals surface area contributed by atoms with Gasteiger partial charge in [0.1, 0.15) is 0 Å². The van der Waals surface area contributed by atoms with E-state index in [1.54, 1.807) is 0 Å². The maximum Gasteiger partial charge on any atom is 0.387 e. The van der Waals surface area contributed by atoms with Crippen molar-refractivity contribution in [1.82, 2.24) is 0 Å². The van der Waals surface area contributed by atoms with Gasteiger partial charge in [-0.2, -0.15) is 26.3 Å². The third-order valence-electron chi connectivity index (χ3n) is 7.70. The van der Waals surface area contributed by atoms with Gasteiger partial charge in [0.25, 0.3) is 28.3 Å². The van der Waals surface area contributed by atoms with Crippen LogP contribution < -0.4 is 0 Å². The summed E-state index contributed by atoms with van der Waals surface area (Å²) in [5.41, 5.74) is 0. The second-order valence-electron chi connectivity index (χ2n) is 13.3. The third-order valence-corrected chi connectivity index (χ3v) is 35.3. The Hall–Kier alpha value is 1.97. The van der Waals surface area contributed by atoms with E-state index in [-0.39, 0.29) is 0 Å². The molecule has 46 heavy (non-hydrogen) atoms. The van der Waals surface area contributed by atoms with Gasteiger partial charge in [0.2, 0.25) is 0 Å². The van der Waals surface area contributed by atoms with Crippen LogP contribution in [0.25, 0.3) is 0 Å². The van der Waals surface area contributed by atoms with Crippen LogP contribution in [0.1, 0.15) is 93.9 Å². The molecule has 0 bridgehead atoms. The molecule has 0 aromatic carbocycles. The Bertz CT molecular complexity index is 648. The minimum Gasteiger partial charge on any atom is -0.171 e. The molecule has 0 nitrogen and oxygen atoms in total. The Morgan fingerprint density at radius 3 is 1.04 bits per heavy atom. The van der Waals surface area contributed by atoms with Gasteiger partial charge in [-0.1, -0.05) is 47.8 Å². The van der Waals surface area contributed by atoms with E-state index in [0.29, 0.717) is 26.3 Å². The molecule has 0 saturated carbocycles. The van der Waals surface area contributed by atoms with Gasteiger partial charge in [0, 0.05) is 12.8 Å². The van der Waals surface area contributed by atoms with Crippen LogP contribution in [0.3, 0.4) is 0 Å². The van der Waals surface area contributed by atoms with E-state index in [0.717, 1.165) is 31.8 Å². The molecule has 0 heterocycles. The summed E-state index contributed by atoms with van der Waals surface area (Å²) in [6.45, 7) is 16.5. The summed E-state index contributed by atoms with van der Waals surface area (Å²) in [6.07, 6.45) is -15.9. The zero-order valence-electron chi connectivity index (χ0n) is 29.9. The number of hydrogen-bond acceptors (Lipinski definition) is 0. The number of hydrogen-bond donors (Lipinski definition) is 0. The summed E-state index contributed by atoms with van der Waals surface area (Å²) in [4.78, 5) is 0. The molecular weight excluding hydrogens is 872 g/mol. The first-order chi connectivity index (χ1) is 20.6.